The Balaban J connectivity index is 1.27. The molecule has 3 aliphatic rings. The minimum atomic E-state index is 0.140. The third-order valence-corrected chi connectivity index (χ3v) is 5.37. The van der Waals surface area contributed by atoms with Crippen molar-refractivity contribution in [2.75, 3.05) is 39.5 Å². The van der Waals surface area contributed by atoms with Gasteiger partial charge in [-0.2, -0.15) is 0 Å². The van der Waals surface area contributed by atoms with Gasteiger partial charge >= 0.3 is 6.03 Å². The third kappa shape index (κ3) is 4.13. The van der Waals surface area contributed by atoms with Crippen LogP contribution < -0.4 is 5.32 Å². The molecule has 22 heavy (non-hydrogen) atoms. The Morgan fingerprint density at radius 3 is 3.00 bits per heavy atom. The molecule has 0 unspecified atom stereocenters. The van der Waals surface area contributed by atoms with Crippen LogP contribution in [-0.2, 0) is 9.47 Å². The van der Waals surface area contributed by atoms with Crippen molar-refractivity contribution in [2.24, 2.45) is 11.8 Å². The van der Waals surface area contributed by atoms with E-state index in [1.165, 1.54) is 32.1 Å². The molecule has 0 aromatic carbocycles. The fourth-order valence-corrected chi connectivity index (χ4v) is 4.14. The minimum absolute atomic E-state index is 0.140. The summed E-state index contributed by atoms with van der Waals surface area (Å²) in [6.45, 7) is 4.89. The van der Waals surface area contributed by atoms with E-state index in [9.17, 15) is 4.79 Å². The number of likely N-dealkylation sites (tertiary alicyclic amines) is 1. The van der Waals surface area contributed by atoms with Crippen LogP contribution in [0.15, 0.2) is 0 Å². The first-order valence-electron chi connectivity index (χ1n) is 9.04. The van der Waals surface area contributed by atoms with Gasteiger partial charge < -0.3 is 19.7 Å². The van der Waals surface area contributed by atoms with E-state index in [0.29, 0.717) is 18.5 Å². The number of fused-ring (bicyclic) bond motifs is 1. The number of nitrogens with zero attached hydrogens (tertiary/aromatic N) is 1. The number of piperidine rings is 1. The third-order valence-electron chi connectivity index (χ3n) is 5.37. The molecule has 2 amide bonds. The van der Waals surface area contributed by atoms with Crippen molar-refractivity contribution < 1.29 is 14.3 Å². The SMILES string of the molecule is O=C(NCCCOC[C@@H]1CCOC1)N1CCC[C@H]2CCC[C@H]21. The fourth-order valence-electron chi connectivity index (χ4n) is 4.14. The van der Waals surface area contributed by atoms with Crippen molar-refractivity contribution >= 4 is 6.03 Å². The maximum atomic E-state index is 12.3. The molecule has 0 aromatic heterocycles. The van der Waals surface area contributed by atoms with Gasteiger partial charge in [0, 0.05) is 38.3 Å². The average molecular weight is 310 g/mol. The maximum absolute atomic E-state index is 12.3. The zero-order valence-corrected chi connectivity index (χ0v) is 13.6. The Hall–Kier alpha value is -0.810. The van der Waals surface area contributed by atoms with Gasteiger partial charge in [-0.15, -0.1) is 0 Å². The molecule has 3 rings (SSSR count). The highest BCUT2D eigenvalue weighted by atomic mass is 16.5. The summed E-state index contributed by atoms with van der Waals surface area (Å²) in [6, 6.07) is 0.646. The van der Waals surface area contributed by atoms with Crippen LogP contribution in [0.3, 0.4) is 0 Å². The van der Waals surface area contributed by atoms with Crippen LogP contribution in [0.1, 0.15) is 44.9 Å². The molecular formula is C17H30N2O3. The highest BCUT2D eigenvalue weighted by molar-refractivity contribution is 5.74. The molecule has 0 radical (unpaired) electrons. The molecule has 3 atom stereocenters. The zero-order chi connectivity index (χ0) is 15.2. The number of urea groups is 1. The van der Waals surface area contributed by atoms with Gasteiger partial charge in [-0.1, -0.05) is 6.42 Å². The highest BCUT2D eigenvalue weighted by Crippen LogP contribution is 2.36. The van der Waals surface area contributed by atoms with Crippen LogP contribution in [0.2, 0.25) is 0 Å². The molecule has 3 fully saturated rings. The Kier molecular flexibility index (Phi) is 5.96. The van der Waals surface area contributed by atoms with Gasteiger partial charge in [0.1, 0.15) is 0 Å². The molecule has 2 saturated heterocycles. The van der Waals surface area contributed by atoms with Crippen molar-refractivity contribution in [3.05, 3.63) is 0 Å². The van der Waals surface area contributed by atoms with Crippen molar-refractivity contribution in [2.45, 2.75) is 51.0 Å². The first-order chi connectivity index (χ1) is 10.8. The number of hydrogen-bond acceptors (Lipinski definition) is 3. The smallest absolute Gasteiger partial charge is 0.317 e. The molecular weight excluding hydrogens is 280 g/mol. The number of amides is 2. The summed E-state index contributed by atoms with van der Waals surface area (Å²) in [7, 11) is 0. The molecule has 126 valence electrons. The van der Waals surface area contributed by atoms with E-state index in [4.69, 9.17) is 9.47 Å². The molecule has 0 aromatic rings. The van der Waals surface area contributed by atoms with Crippen molar-refractivity contribution in [3.8, 4) is 0 Å². The Bertz CT molecular complexity index is 358. The van der Waals surface area contributed by atoms with E-state index in [2.05, 4.69) is 10.2 Å². The van der Waals surface area contributed by atoms with Crippen LogP contribution in [-0.4, -0.2) is 56.5 Å². The molecule has 1 saturated carbocycles. The lowest BCUT2D eigenvalue weighted by Crippen LogP contribution is -2.50. The van der Waals surface area contributed by atoms with Gasteiger partial charge in [-0.3, -0.25) is 0 Å². The standard InChI is InChI=1S/C17H30N2O3/c20-17(19-9-2-5-15-4-1-6-16(15)19)18-8-3-10-21-12-14-7-11-22-13-14/h14-16H,1-13H2,(H,18,20)/t14-,15+,16+/m0/s1. The van der Waals surface area contributed by atoms with E-state index in [1.54, 1.807) is 0 Å². The van der Waals surface area contributed by atoms with Gasteiger partial charge in [0.2, 0.25) is 0 Å². The number of carbonyl (C=O) groups is 1. The number of nitrogens with one attached hydrogen (secondary N) is 1. The van der Waals surface area contributed by atoms with Crippen LogP contribution in [0, 0.1) is 11.8 Å². The second-order valence-corrected chi connectivity index (χ2v) is 6.98. The predicted octanol–water partition coefficient (Wildman–Crippen LogP) is 2.40. The lowest BCUT2D eigenvalue weighted by atomic mass is 9.92. The average Bonchev–Trinajstić information content (AvgIpc) is 3.20. The monoisotopic (exact) mass is 310 g/mol. The lowest BCUT2D eigenvalue weighted by Gasteiger charge is -2.37. The van der Waals surface area contributed by atoms with Gasteiger partial charge in [-0.05, 0) is 44.4 Å². The van der Waals surface area contributed by atoms with Crippen LogP contribution in [0.25, 0.3) is 0 Å². The largest absolute Gasteiger partial charge is 0.381 e. The van der Waals surface area contributed by atoms with Crippen LogP contribution >= 0.6 is 0 Å². The molecule has 1 aliphatic carbocycles. The normalized spacial score (nSPS) is 31.3. The summed E-state index contributed by atoms with van der Waals surface area (Å²) in [6.07, 6.45) is 8.29. The summed E-state index contributed by atoms with van der Waals surface area (Å²) in [5.74, 6) is 1.33. The van der Waals surface area contributed by atoms with E-state index < -0.39 is 0 Å². The first kappa shape index (κ1) is 16.1. The number of hydrogen-bond donors (Lipinski definition) is 1. The topological polar surface area (TPSA) is 50.8 Å². The molecule has 5 heteroatoms. The summed E-state index contributed by atoms with van der Waals surface area (Å²) < 4.78 is 11.0. The van der Waals surface area contributed by atoms with Crippen LogP contribution in [0.5, 0.6) is 0 Å². The minimum Gasteiger partial charge on any atom is -0.381 e. The van der Waals surface area contributed by atoms with Gasteiger partial charge in [0.25, 0.3) is 0 Å². The zero-order valence-electron chi connectivity index (χ0n) is 13.6. The van der Waals surface area contributed by atoms with Gasteiger partial charge in [0.15, 0.2) is 0 Å². The van der Waals surface area contributed by atoms with Crippen LogP contribution in [0.4, 0.5) is 4.79 Å². The lowest BCUT2D eigenvalue weighted by molar-refractivity contribution is 0.0876. The second-order valence-electron chi connectivity index (χ2n) is 6.98. The van der Waals surface area contributed by atoms with E-state index in [-0.39, 0.29) is 6.03 Å². The fraction of sp³-hybridized carbons (Fsp3) is 0.941. The molecule has 2 aliphatic heterocycles. The molecule has 1 N–H and O–H groups in total. The maximum Gasteiger partial charge on any atom is 0.317 e. The number of rotatable bonds is 6. The summed E-state index contributed by atoms with van der Waals surface area (Å²) in [4.78, 5) is 14.4. The molecule has 0 spiro atoms. The van der Waals surface area contributed by atoms with Crippen molar-refractivity contribution in [1.29, 1.82) is 0 Å². The van der Waals surface area contributed by atoms with Gasteiger partial charge in [0.05, 0.1) is 13.2 Å². The predicted molar refractivity (Wildman–Crippen MR) is 84.8 cm³/mol. The molecule has 0 bridgehead atoms. The van der Waals surface area contributed by atoms with Gasteiger partial charge in [-0.25, -0.2) is 4.79 Å². The summed E-state index contributed by atoms with van der Waals surface area (Å²) in [5.41, 5.74) is 0. The van der Waals surface area contributed by atoms with E-state index >= 15 is 0 Å². The summed E-state index contributed by atoms with van der Waals surface area (Å²) >= 11 is 0. The number of carbonyl (C=O) groups excluding carboxylic acids is 1. The Labute approximate surface area is 133 Å². The van der Waals surface area contributed by atoms with Crippen molar-refractivity contribution in [3.63, 3.8) is 0 Å². The second kappa shape index (κ2) is 8.16. The molecule has 5 nitrogen and oxygen atoms in total. The highest BCUT2D eigenvalue weighted by Gasteiger charge is 2.37. The molecule has 2 heterocycles. The first-order valence-corrected chi connectivity index (χ1v) is 9.04. The van der Waals surface area contributed by atoms with E-state index in [1.807, 2.05) is 0 Å². The van der Waals surface area contributed by atoms with Crippen molar-refractivity contribution in [1.82, 2.24) is 10.2 Å². The number of ether oxygens (including phenoxy) is 2. The quantitative estimate of drug-likeness (QED) is 0.767. The Morgan fingerprint density at radius 1 is 1.23 bits per heavy atom. The Morgan fingerprint density at radius 2 is 2.14 bits per heavy atom. The summed E-state index contributed by atoms with van der Waals surface area (Å²) in [5, 5.41) is 3.08. The van der Waals surface area contributed by atoms with E-state index in [0.717, 1.165) is 51.7 Å².